The van der Waals surface area contributed by atoms with E-state index in [9.17, 15) is 9.59 Å². The molecule has 0 radical (unpaired) electrons. The molecule has 3 rings (SSSR count). The van der Waals surface area contributed by atoms with E-state index < -0.39 is 5.97 Å². The molecule has 0 unspecified atom stereocenters. The molecule has 0 bridgehead atoms. The number of rotatable bonds is 6. The van der Waals surface area contributed by atoms with Crippen LogP contribution in [-0.2, 0) is 4.74 Å². The van der Waals surface area contributed by atoms with Gasteiger partial charge in [-0.1, -0.05) is 12.1 Å². The van der Waals surface area contributed by atoms with Crippen molar-refractivity contribution in [2.45, 2.75) is 31.8 Å². The molecule has 1 aliphatic heterocycles. The van der Waals surface area contributed by atoms with Crippen molar-refractivity contribution in [3.8, 4) is 11.3 Å². The average Bonchev–Trinajstić information content (AvgIpc) is 2.72. The van der Waals surface area contributed by atoms with Crippen molar-refractivity contribution in [1.29, 1.82) is 0 Å². The lowest BCUT2D eigenvalue weighted by molar-refractivity contribution is 0.00708. The number of ether oxygens (including phenoxy) is 1. The van der Waals surface area contributed by atoms with Gasteiger partial charge in [0.25, 0.3) is 5.91 Å². The van der Waals surface area contributed by atoms with E-state index in [4.69, 9.17) is 9.84 Å². The lowest BCUT2D eigenvalue weighted by Crippen LogP contribution is -2.31. The summed E-state index contributed by atoms with van der Waals surface area (Å²) in [4.78, 5) is 29.8. The molecule has 2 heterocycles. The smallest absolute Gasteiger partial charge is 0.335 e. The number of hydrogen-bond donors (Lipinski definition) is 1. The highest BCUT2D eigenvalue weighted by molar-refractivity contribution is 5.95. The first-order valence-corrected chi connectivity index (χ1v) is 9.21. The Morgan fingerprint density at radius 2 is 2.07 bits per heavy atom. The molecule has 2 aromatic rings. The molecular formula is C21H24N2O4. The minimum Gasteiger partial charge on any atom is -0.478 e. The fourth-order valence-corrected chi connectivity index (χ4v) is 3.23. The monoisotopic (exact) mass is 368 g/mol. The third-order valence-corrected chi connectivity index (χ3v) is 4.82. The molecule has 27 heavy (non-hydrogen) atoms. The fraction of sp³-hybridized carbons (Fsp3) is 0.381. The summed E-state index contributed by atoms with van der Waals surface area (Å²) in [5, 5.41) is 9.14. The summed E-state index contributed by atoms with van der Waals surface area (Å²) in [6.07, 6.45) is 5.90. The highest BCUT2D eigenvalue weighted by atomic mass is 16.5. The van der Waals surface area contributed by atoms with Gasteiger partial charge in [-0.15, -0.1) is 0 Å². The molecule has 6 heteroatoms. The largest absolute Gasteiger partial charge is 0.478 e. The van der Waals surface area contributed by atoms with Crippen LogP contribution in [0.3, 0.4) is 0 Å². The highest BCUT2D eigenvalue weighted by Crippen LogP contribution is 2.21. The first kappa shape index (κ1) is 19.0. The molecule has 1 aliphatic rings. The lowest BCUT2D eigenvalue weighted by Gasteiger charge is -2.25. The van der Waals surface area contributed by atoms with Crippen molar-refractivity contribution in [3.63, 3.8) is 0 Å². The Balaban J connectivity index is 1.69. The Bertz CT molecular complexity index is 815. The van der Waals surface area contributed by atoms with Gasteiger partial charge in [-0.2, -0.15) is 0 Å². The van der Waals surface area contributed by atoms with Crippen LogP contribution in [0.2, 0.25) is 0 Å². The van der Waals surface area contributed by atoms with Crippen LogP contribution >= 0.6 is 0 Å². The number of carbonyl (C=O) groups is 2. The molecule has 1 amide bonds. The van der Waals surface area contributed by atoms with Gasteiger partial charge in [0.1, 0.15) is 0 Å². The van der Waals surface area contributed by atoms with Gasteiger partial charge in [-0.25, -0.2) is 4.79 Å². The van der Waals surface area contributed by atoms with Crippen molar-refractivity contribution in [2.75, 3.05) is 20.2 Å². The van der Waals surface area contributed by atoms with Crippen molar-refractivity contribution >= 4 is 11.9 Å². The standard InChI is InChI=1S/C21H24N2O4/c1-23(11-9-18-7-2-3-12-27-18)20(24)16-6-4-5-15(13-16)19-14-17(21(25)26)8-10-22-19/h4-6,8,10,13-14,18H,2-3,7,9,11-12H2,1H3,(H,25,26)/t18-/m0/s1. The van der Waals surface area contributed by atoms with Gasteiger partial charge in [0.05, 0.1) is 17.4 Å². The SMILES string of the molecule is CN(CC[C@@H]1CCCCO1)C(=O)c1cccc(-c2cc(C(=O)O)ccn2)c1. The molecule has 0 saturated carbocycles. The maximum absolute atomic E-state index is 12.7. The summed E-state index contributed by atoms with van der Waals surface area (Å²) in [5.74, 6) is -1.07. The number of amides is 1. The van der Waals surface area contributed by atoms with E-state index >= 15 is 0 Å². The van der Waals surface area contributed by atoms with Crippen molar-refractivity contribution < 1.29 is 19.4 Å². The Morgan fingerprint density at radius 3 is 2.81 bits per heavy atom. The molecule has 1 aromatic carbocycles. The predicted molar refractivity (Wildman–Crippen MR) is 102 cm³/mol. The zero-order chi connectivity index (χ0) is 19.2. The molecule has 1 atom stereocenters. The lowest BCUT2D eigenvalue weighted by atomic mass is 10.0. The van der Waals surface area contributed by atoms with Gasteiger partial charge < -0.3 is 14.7 Å². The first-order chi connectivity index (χ1) is 13.0. The second kappa shape index (κ2) is 8.77. The van der Waals surface area contributed by atoms with Gasteiger partial charge in [0.2, 0.25) is 0 Å². The van der Waals surface area contributed by atoms with E-state index in [2.05, 4.69) is 4.98 Å². The van der Waals surface area contributed by atoms with Crippen LogP contribution in [0.5, 0.6) is 0 Å². The number of pyridine rings is 1. The summed E-state index contributed by atoms with van der Waals surface area (Å²) in [7, 11) is 1.79. The zero-order valence-electron chi connectivity index (χ0n) is 15.4. The van der Waals surface area contributed by atoms with Crippen LogP contribution in [0.15, 0.2) is 42.6 Å². The Kier molecular flexibility index (Phi) is 6.19. The number of nitrogens with zero attached hydrogens (tertiary/aromatic N) is 2. The van der Waals surface area contributed by atoms with Crippen LogP contribution in [0.4, 0.5) is 0 Å². The molecule has 1 N–H and O–H groups in total. The topological polar surface area (TPSA) is 79.7 Å². The van der Waals surface area contributed by atoms with E-state index in [0.717, 1.165) is 25.9 Å². The maximum Gasteiger partial charge on any atom is 0.335 e. The van der Waals surface area contributed by atoms with Crippen LogP contribution < -0.4 is 0 Å². The van der Waals surface area contributed by atoms with Gasteiger partial charge in [-0.05, 0) is 49.9 Å². The summed E-state index contributed by atoms with van der Waals surface area (Å²) in [6, 6.07) is 10.1. The number of carboxylic acids is 1. The van der Waals surface area contributed by atoms with Crippen molar-refractivity contribution in [3.05, 3.63) is 53.7 Å². The van der Waals surface area contributed by atoms with E-state index in [1.807, 2.05) is 6.07 Å². The van der Waals surface area contributed by atoms with Gasteiger partial charge in [0, 0.05) is 37.5 Å². The number of aromatic carboxylic acids is 1. The first-order valence-electron chi connectivity index (χ1n) is 9.21. The van der Waals surface area contributed by atoms with E-state index in [-0.39, 0.29) is 17.6 Å². The summed E-state index contributed by atoms with van der Waals surface area (Å²) < 4.78 is 5.73. The maximum atomic E-state index is 12.7. The Hall–Kier alpha value is -2.73. The van der Waals surface area contributed by atoms with Gasteiger partial charge >= 0.3 is 5.97 Å². The quantitative estimate of drug-likeness (QED) is 0.844. The molecule has 1 aromatic heterocycles. The third-order valence-electron chi connectivity index (χ3n) is 4.82. The normalized spacial score (nSPS) is 16.7. The molecule has 1 fully saturated rings. The van der Waals surface area contributed by atoms with Gasteiger partial charge in [0.15, 0.2) is 0 Å². The number of aromatic nitrogens is 1. The van der Waals surface area contributed by atoms with Crippen LogP contribution in [-0.4, -0.2) is 53.2 Å². The van der Waals surface area contributed by atoms with E-state index in [1.54, 1.807) is 30.1 Å². The van der Waals surface area contributed by atoms with Crippen LogP contribution in [0, 0.1) is 0 Å². The van der Waals surface area contributed by atoms with Gasteiger partial charge in [-0.3, -0.25) is 9.78 Å². The van der Waals surface area contributed by atoms with Crippen LogP contribution in [0.1, 0.15) is 46.4 Å². The molecule has 6 nitrogen and oxygen atoms in total. The number of hydrogen-bond acceptors (Lipinski definition) is 4. The molecule has 0 aliphatic carbocycles. The summed E-state index contributed by atoms with van der Waals surface area (Å²) in [6.45, 7) is 1.45. The Morgan fingerprint density at radius 1 is 1.22 bits per heavy atom. The minimum absolute atomic E-state index is 0.0675. The van der Waals surface area contributed by atoms with Crippen molar-refractivity contribution in [2.24, 2.45) is 0 Å². The predicted octanol–water partition coefficient (Wildman–Crippen LogP) is 3.48. The molecular weight excluding hydrogens is 344 g/mol. The van der Waals surface area contributed by atoms with Crippen LogP contribution in [0.25, 0.3) is 11.3 Å². The highest BCUT2D eigenvalue weighted by Gasteiger charge is 2.18. The number of carbonyl (C=O) groups excluding carboxylic acids is 1. The van der Waals surface area contributed by atoms with E-state index in [0.29, 0.717) is 23.4 Å². The molecule has 142 valence electrons. The summed E-state index contributed by atoms with van der Waals surface area (Å²) in [5.41, 5.74) is 1.97. The Labute approximate surface area is 158 Å². The summed E-state index contributed by atoms with van der Waals surface area (Å²) >= 11 is 0. The number of benzene rings is 1. The molecule has 0 spiro atoms. The second-order valence-electron chi connectivity index (χ2n) is 6.82. The van der Waals surface area contributed by atoms with E-state index in [1.165, 1.54) is 24.8 Å². The zero-order valence-corrected chi connectivity index (χ0v) is 15.4. The minimum atomic E-state index is -1.00. The number of carboxylic acid groups (broad SMARTS) is 1. The van der Waals surface area contributed by atoms with Crippen molar-refractivity contribution in [1.82, 2.24) is 9.88 Å². The average molecular weight is 368 g/mol. The second-order valence-corrected chi connectivity index (χ2v) is 6.82. The molecule has 1 saturated heterocycles. The fourth-order valence-electron chi connectivity index (χ4n) is 3.23. The third kappa shape index (κ3) is 4.92.